The van der Waals surface area contributed by atoms with Gasteiger partial charge in [-0.3, -0.25) is 9.59 Å². The van der Waals surface area contributed by atoms with Gasteiger partial charge < -0.3 is 10.4 Å². The van der Waals surface area contributed by atoms with Crippen molar-refractivity contribution in [2.45, 2.75) is 19.9 Å². The first kappa shape index (κ1) is 13.7. The summed E-state index contributed by atoms with van der Waals surface area (Å²) in [6, 6.07) is 4.40. The number of rotatable bonds is 4. The molecular formula is C13H14N4O3. The van der Waals surface area contributed by atoms with Crippen LogP contribution in [-0.4, -0.2) is 37.8 Å². The van der Waals surface area contributed by atoms with Gasteiger partial charge in [0.15, 0.2) is 5.82 Å². The molecule has 0 spiro atoms. The number of hydrogen-bond acceptors (Lipinski definition) is 4. The molecular weight excluding hydrogens is 260 g/mol. The zero-order valence-corrected chi connectivity index (χ0v) is 11.1. The van der Waals surface area contributed by atoms with Gasteiger partial charge in [0.05, 0.1) is 17.5 Å². The smallest absolute Gasteiger partial charge is 0.325 e. The van der Waals surface area contributed by atoms with E-state index < -0.39 is 17.9 Å². The molecule has 2 N–H and O–H groups in total. The first-order chi connectivity index (χ1) is 9.50. The summed E-state index contributed by atoms with van der Waals surface area (Å²) >= 11 is 0. The van der Waals surface area contributed by atoms with Gasteiger partial charge in [-0.2, -0.15) is 5.10 Å². The molecule has 1 unspecified atom stereocenters. The van der Waals surface area contributed by atoms with Crippen molar-refractivity contribution in [3.63, 3.8) is 0 Å². The fraction of sp³-hybridized carbons (Fsp3) is 0.231. The van der Waals surface area contributed by atoms with Crippen molar-refractivity contribution in [2.75, 3.05) is 0 Å². The van der Waals surface area contributed by atoms with E-state index in [9.17, 15) is 9.59 Å². The van der Waals surface area contributed by atoms with Gasteiger partial charge >= 0.3 is 5.97 Å². The van der Waals surface area contributed by atoms with Gasteiger partial charge in [0, 0.05) is 6.20 Å². The van der Waals surface area contributed by atoms with Crippen LogP contribution in [0, 0.1) is 6.92 Å². The predicted octanol–water partition coefficient (Wildman–Crippen LogP) is 0.779. The summed E-state index contributed by atoms with van der Waals surface area (Å²) in [6.45, 7) is 3.13. The summed E-state index contributed by atoms with van der Waals surface area (Å²) in [6.07, 6.45) is 3.02. The summed E-state index contributed by atoms with van der Waals surface area (Å²) in [5, 5.41) is 15.3. The lowest BCUT2D eigenvalue weighted by molar-refractivity contribution is -0.138. The van der Waals surface area contributed by atoms with Crippen LogP contribution in [0.3, 0.4) is 0 Å². The second-order valence-corrected chi connectivity index (χ2v) is 4.28. The Morgan fingerprint density at radius 1 is 1.40 bits per heavy atom. The summed E-state index contributed by atoms with van der Waals surface area (Å²) in [4.78, 5) is 26.9. The number of carbonyl (C=O) groups is 2. The number of aliphatic carboxylic acids is 1. The number of carboxylic acid groups (broad SMARTS) is 1. The molecule has 0 radical (unpaired) electrons. The maximum absolute atomic E-state index is 12.0. The van der Waals surface area contributed by atoms with Crippen molar-refractivity contribution in [1.29, 1.82) is 0 Å². The van der Waals surface area contributed by atoms with Crippen molar-refractivity contribution in [3.8, 4) is 5.82 Å². The van der Waals surface area contributed by atoms with Crippen LogP contribution in [0.4, 0.5) is 0 Å². The van der Waals surface area contributed by atoms with Crippen LogP contribution < -0.4 is 5.32 Å². The molecule has 0 aliphatic rings. The second kappa shape index (κ2) is 5.52. The number of carbonyl (C=O) groups excluding carboxylic acids is 1. The Morgan fingerprint density at radius 2 is 2.15 bits per heavy atom. The van der Waals surface area contributed by atoms with E-state index in [4.69, 9.17) is 5.11 Å². The van der Waals surface area contributed by atoms with Crippen LogP contribution in [0.1, 0.15) is 23.0 Å². The van der Waals surface area contributed by atoms with Crippen molar-refractivity contribution < 1.29 is 14.7 Å². The highest BCUT2D eigenvalue weighted by Gasteiger charge is 2.19. The molecule has 0 fully saturated rings. The van der Waals surface area contributed by atoms with Gasteiger partial charge in [-0.15, -0.1) is 0 Å². The Labute approximate surface area is 115 Å². The van der Waals surface area contributed by atoms with E-state index in [1.54, 1.807) is 25.3 Å². The minimum Gasteiger partial charge on any atom is -0.480 e. The molecule has 1 atom stereocenters. The molecule has 20 heavy (non-hydrogen) atoms. The summed E-state index contributed by atoms with van der Waals surface area (Å²) in [5.74, 6) is -0.969. The lowest BCUT2D eigenvalue weighted by Crippen LogP contribution is -2.38. The van der Waals surface area contributed by atoms with Crippen molar-refractivity contribution in [1.82, 2.24) is 20.1 Å². The maximum atomic E-state index is 12.0. The molecule has 0 bridgehead atoms. The van der Waals surface area contributed by atoms with E-state index in [2.05, 4.69) is 15.4 Å². The van der Waals surface area contributed by atoms with Gasteiger partial charge in [-0.1, -0.05) is 6.07 Å². The van der Waals surface area contributed by atoms with Crippen LogP contribution in [-0.2, 0) is 4.79 Å². The minimum absolute atomic E-state index is 0.323. The Balaban J connectivity index is 2.25. The lowest BCUT2D eigenvalue weighted by atomic mass is 10.2. The maximum Gasteiger partial charge on any atom is 0.325 e. The predicted molar refractivity (Wildman–Crippen MR) is 70.7 cm³/mol. The number of pyridine rings is 1. The highest BCUT2D eigenvalue weighted by atomic mass is 16.4. The third-order valence-corrected chi connectivity index (χ3v) is 2.84. The molecule has 0 saturated carbocycles. The lowest BCUT2D eigenvalue weighted by Gasteiger charge is -2.09. The molecule has 2 aromatic heterocycles. The Hall–Kier alpha value is -2.70. The third kappa shape index (κ3) is 2.66. The number of hydrogen-bond donors (Lipinski definition) is 2. The topological polar surface area (TPSA) is 97.1 Å². The van der Waals surface area contributed by atoms with Crippen LogP contribution in [0.5, 0.6) is 0 Å². The van der Waals surface area contributed by atoms with Crippen LogP contribution in [0.25, 0.3) is 5.82 Å². The van der Waals surface area contributed by atoms with Crippen molar-refractivity contribution >= 4 is 11.9 Å². The van der Waals surface area contributed by atoms with E-state index in [1.807, 2.05) is 6.07 Å². The van der Waals surface area contributed by atoms with Gasteiger partial charge in [0.25, 0.3) is 5.91 Å². The molecule has 0 saturated heterocycles. The summed E-state index contributed by atoms with van der Waals surface area (Å²) < 4.78 is 1.53. The molecule has 104 valence electrons. The molecule has 0 aliphatic carbocycles. The number of amides is 1. The van der Waals surface area contributed by atoms with E-state index in [-0.39, 0.29) is 0 Å². The molecule has 2 rings (SSSR count). The quantitative estimate of drug-likeness (QED) is 0.858. The van der Waals surface area contributed by atoms with Crippen LogP contribution >= 0.6 is 0 Å². The summed E-state index contributed by atoms with van der Waals surface area (Å²) in [7, 11) is 0. The fourth-order valence-corrected chi connectivity index (χ4v) is 1.68. The number of nitrogens with one attached hydrogen (secondary N) is 1. The highest BCUT2D eigenvalue weighted by Crippen LogP contribution is 2.12. The van der Waals surface area contributed by atoms with Gasteiger partial charge in [0.1, 0.15) is 6.04 Å². The average Bonchev–Trinajstić information content (AvgIpc) is 2.81. The van der Waals surface area contributed by atoms with E-state index in [1.165, 1.54) is 17.8 Å². The number of carboxylic acids is 1. The molecule has 7 heteroatoms. The van der Waals surface area contributed by atoms with Crippen molar-refractivity contribution in [3.05, 3.63) is 41.9 Å². The van der Waals surface area contributed by atoms with E-state index in [0.29, 0.717) is 17.1 Å². The Morgan fingerprint density at radius 3 is 2.75 bits per heavy atom. The SMILES string of the molecule is Cc1c(C(=O)NC(C)C(=O)O)cnn1-c1ccccn1. The average molecular weight is 274 g/mol. The molecule has 2 heterocycles. The molecule has 0 aromatic carbocycles. The Kier molecular flexibility index (Phi) is 3.79. The normalized spacial score (nSPS) is 11.9. The molecule has 7 nitrogen and oxygen atoms in total. The number of aromatic nitrogens is 3. The minimum atomic E-state index is -1.09. The standard InChI is InChI=1S/C13H14N4O3/c1-8(13(19)20)16-12(18)10-7-15-17(9(10)2)11-5-3-4-6-14-11/h3-8H,1-2H3,(H,16,18)(H,19,20). The zero-order valence-electron chi connectivity index (χ0n) is 11.1. The van der Waals surface area contributed by atoms with E-state index >= 15 is 0 Å². The zero-order chi connectivity index (χ0) is 14.7. The van der Waals surface area contributed by atoms with Crippen LogP contribution in [0.2, 0.25) is 0 Å². The highest BCUT2D eigenvalue weighted by molar-refractivity contribution is 5.97. The number of nitrogens with zero attached hydrogens (tertiary/aromatic N) is 3. The summed E-state index contributed by atoms with van der Waals surface area (Å²) in [5.41, 5.74) is 0.919. The van der Waals surface area contributed by atoms with Gasteiger partial charge in [0.2, 0.25) is 0 Å². The second-order valence-electron chi connectivity index (χ2n) is 4.28. The first-order valence-corrected chi connectivity index (χ1v) is 6.00. The van der Waals surface area contributed by atoms with Gasteiger partial charge in [-0.05, 0) is 26.0 Å². The molecule has 2 aromatic rings. The monoisotopic (exact) mass is 274 g/mol. The van der Waals surface area contributed by atoms with Gasteiger partial charge in [-0.25, -0.2) is 9.67 Å². The third-order valence-electron chi connectivity index (χ3n) is 2.84. The van der Waals surface area contributed by atoms with Crippen LogP contribution in [0.15, 0.2) is 30.6 Å². The Bertz CT molecular complexity index is 636. The fourth-order valence-electron chi connectivity index (χ4n) is 1.68. The largest absolute Gasteiger partial charge is 0.480 e. The van der Waals surface area contributed by atoms with E-state index in [0.717, 1.165) is 0 Å². The molecule has 0 aliphatic heterocycles. The van der Waals surface area contributed by atoms with Crippen molar-refractivity contribution in [2.24, 2.45) is 0 Å². The molecule has 1 amide bonds. The first-order valence-electron chi connectivity index (χ1n) is 6.00.